The molecular formula is C12H17F2NO. The zero-order valence-corrected chi connectivity index (χ0v) is 9.59. The van der Waals surface area contributed by atoms with Crippen LogP contribution < -0.4 is 5.32 Å². The van der Waals surface area contributed by atoms with E-state index in [1.807, 2.05) is 0 Å². The molecule has 0 saturated carbocycles. The van der Waals surface area contributed by atoms with E-state index in [0.29, 0.717) is 18.6 Å². The van der Waals surface area contributed by atoms with Gasteiger partial charge in [-0.05, 0) is 26.0 Å². The van der Waals surface area contributed by atoms with Gasteiger partial charge in [-0.1, -0.05) is 12.1 Å². The van der Waals surface area contributed by atoms with Crippen molar-refractivity contribution in [1.82, 2.24) is 5.32 Å². The SMILES string of the molecule is CNC(CCCOC)c1cccc(F)c1F. The molecule has 0 fully saturated rings. The number of rotatable bonds is 6. The van der Waals surface area contributed by atoms with Gasteiger partial charge in [-0.25, -0.2) is 8.78 Å². The van der Waals surface area contributed by atoms with Gasteiger partial charge in [0.15, 0.2) is 11.6 Å². The number of hydrogen-bond acceptors (Lipinski definition) is 2. The monoisotopic (exact) mass is 229 g/mol. The van der Waals surface area contributed by atoms with Gasteiger partial charge >= 0.3 is 0 Å². The first-order valence-corrected chi connectivity index (χ1v) is 5.30. The van der Waals surface area contributed by atoms with E-state index >= 15 is 0 Å². The topological polar surface area (TPSA) is 21.3 Å². The number of ether oxygens (including phenoxy) is 1. The maximum Gasteiger partial charge on any atom is 0.163 e. The van der Waals surface area contributed by atoms with Crippen molar-refractivity contribution < 1.29 is 13.5 Å². The summed E-state index contributed by atoms with van der Waals surface area (Å²) in [6.07, 6.45) is 1.52. The number of halogens is 2. The molecule has 4 heteroatoms. The van der Waals surface area contributed by atoms with Gasteiger partial charge in [0.25, 0.3) is 0 Å². The van der Waals surface area contributed by atoms with E-state index in [-0.39, 0.29) is 6.04 Å². The summed E-state index contributed by atoms with van der Waals surface area (Å²) in [7, 11) is 3.36. The highest BCUT2D eigenvalue weighted by Crippen LogP contribution is 2.22. The van der Waals surface area contributed by atoms with Crippen molar-refractivity contribution in [2.75, 3.05) is 20.8 Å². The molecule has 0 heterocycles. The van der Waals surface area contributed by atoms with Crippen molar-refractivity contribution in [3.63, 3.8) is 0 Å². The van der Waals surface area contributed by atoms with Crippen LogP contribution in [0.3, 0.4) is 0 Å². The minimum Gasteiger partial charge on any atom is -0.385 e. The third kappa shape index (κ3) is 3.25. The second-order valence-electron chi connectivity index (χ2n) is 3.62. The van der Waals surface area contributed by atoms with Crippen molar-refractivity contribution >= 4 is 0 Å². The van der Waals surface area contributed by atoms with Crippen LogP contribution in [0.2, 0.25) is 0 Å². The molecule has 0 aliphatic carbocycles. The van der Waals surface area contributed by atoms with Crippen molar-refractivity contribution in [2.24, 2.45) is 0 Å². The van der Waals surface area contributed by atoms with E-state index in [1.54, 1.807) is 20.2 Å². The molecule has 0 spiro atoms. The van der Waals surface area contributed by atoms with Gasteiger partial charge in [0.2, 0.25) is 0 Å². The van der Waals surface area contributed by atoms with E-state index in [9.17, 15) is 8.78 Å². The lowest BCUT2D eigenvalue weighted by molar-refractivity contribution is 0.189. The fourth-order valence-electron chi connectivity index (χ4n) is 1.68. The van der Waals surface area contributed by atoms with E-state index in [0.717, 1.165) is 12.5 Å². The average molecular weight is 229 g/mol. The Morgan fingerprint density at radius 3 is 2.75 bits per heavy atom. The van der Waals surface area contributed by atoms with Crippen LogP contribution in [0.25, 0.3) is 0 Å². The summed E-state index contributed by atoms with van der Waals surface area (Å²) >= 11 is 0. The van der Waals surface area contributed by atoms with Crippen molar-refractivity contribution in [3.8, 4) is 0 Å². The van der Waals surface area contributed by atoms with E-state index < -0.39 is 11.6 Å². The summed E-state index contributed by atoms with van der Waals surface area (Å²) in [6.45, 7) is 0.620. The Morgan fingerprint density at radius 1 is 1.38 bits per heavy atom. The van der Waals surface area contributed by atoms with Crippen LogP contribution in [0.15, 0.2) is 18.2 Å². The van der Waals surface area contributed by atoms with Gasteiger partial charge in [-0.3, -0.25) is 0 Å². The third-order valence-electron chi connectivity index (χ3n) is 2.55. The lowest BCUT2D eigenvalue weighted by atomic mass is 10.0. The molecule has 2 nitrogen and oxygen atoms in total. The first-order valence-electron chi connectivity index (χ1n) is 5.30. The Kier molecular flexibility index (Phi) is 5.35. The zero-order valence-electron chi connectivity index (χ0n) is 9.59. The molecule has 1 aromatic rings. The highest BCUT2D eigenvalue weighted by Gasteiger charge is 2.16. The smallest absolute Gasteiger partial charge is 0.163 e. The van der Waals surface area contributed by atoms with E-state index in [2.05, 4.69) is 5.32 Å². The lowest BCUT2D eigenvalue weighted by Crippen LogP contribution is -2.18. The first-order chi connectivity index (χ1) is 7.70. The summed E-state index contributed by atoms with van der Waals surface area (Å²) in [6, 6.07) is 4.08. The minimum atomic E-state index is -0.801. The number of nitrogens with one attached hydrogen (secondary N) is 1. The van der Waals surface area contributed by atoms with Crippen LogP contribution in [0.4, 0.5) is 8.78 Å². The standard InChI is InChI=1S/C12H17F2NO/c1-15-11(7-4-8-16-2)9-5-3-6-10(13)12(9)14/h3,5-6,11,15H,4,7-8H2,1-2H3. The Hall–Kier alpha value is -1.00. The molecule has 1 unspecified atom stereocenters. The predicted octanol–water partition coefficient (Wildman–Crippen LogP) is 2.65. The average Bonchev–Trinajstić information content (AvgIpc) is 2.29. The Balaban J connectivity index is 2.74. The molecule has 0 saturated heterocycles. The van der Waals surface area contributed by atoms with Crippen LogP contribution in [0.5, 0.6) is 0 Å². The molecule has 1 rings (SSSR count). The highest BCUT2D eigenvalue weighted by molar-refractivity contribution is 5.22. The van der Waals surface area contributed by atoms with E-state index in [1.165, 1.54) is 6.07 Å². The Labute approximate surface area is 94.6 Å². The summed E-state index contributed by atoms with van der Waals surface area (Å²) in [5.74, 6) is -1.57. The summed E-state index contributed by atoms with van der Waals surface area (Å²) in [5, 5.41) is 2.98. The van der Waals surface area contributed by atoms with Gasteiger partial charge in [0.05, 0.1) is 0 Å². The van der Waals surface area contributed by atoms with Crippen molar-refractivity contribution in [3.05, 3.63) is 35.4 Å². The molecule has 1 atom stereocenters. The number of hydrogen-bond donors (Lipinski definition) is 1. The lowest BCUT2D eigenvalue weighted by Gasteiger charge is -2.17. The van der Waals surface area contributed by atoms with Crippen molar-refractivity contribution in [2.45, 2.75) is 18.9 Å². The van der Waals surface area contributed by atoms with E-state index in [4.69, 9.17) is 4.74 Å². The normalized spacial score (nSPS) is 12.8. The molecule has 0 radical (unpaired) electrons. The quantitative estimate of drug-likeness (QED) is 0.757. The number of benzene rings is 1. The van der Waals surface area contributed by atoms with Gasteiger partial charge in [0, 0.05) is 25.3 Å². The second-order valence-corrected chi connectivity index (χ2v) is 3.62. The largest absolute Gasteiger partial charge is 0.385 e. The molecule has 90 valence electrons. The maximum absolute atomic E-state index is 13.5. The minimum absolute atomic E-state index is 0.175. The molecule has 16 heavy (non-hydrogen) atoms. The van der Waals surface area contributed by atoms with Gasteiger partial charge in [0.1, 0.15) is 0 Å². The van der Waals surface area contributed by atoms with Gasteiger partial charge in [-0.2, -0.15) is 0 Å². The molecule has 1 N–H and O–H groups in total. The van der Waals surface area contributed by atoms with Gasteiger partial charge < -0.3 is 10.1 Å². The first kappa shape index (κ1) is 13.1. The van der Waals surface area contributed by atoms with Crippen LogP contribution in [0, 0.1) is 11.6 Å². The zero-order chi connectivity index (χ0) is 12.0. The van der Waals surface area contributed by atoms with Crippen LogP contribution in [0.1, 0.15) is 24.4 Å². The predicted molar refractivity (Wildman–Crippen MR) is 59.3 cm³/mol. The fraction of sp³-hybridized carbons (Fsp3) is 0.500. The molecule has 1 aromatic carbocycles. The second kappa shape index (κ2) is 6.55. The van der Waals surface area contributed by atoms with Crippen LogP contribution >= 0.6 is 0 Å². The third-order valence-corrected chi connectivity index (χ3v) is 2.55. The number of methoxy groups -OCH3 is 1. The molecule has 0 amide bonds. The Bertz CT molecular complexity index is 331. The molecule has 0 aliphatic rings. The molecule has 0 aromatic heterocycles. The summed E-state index contributed by atoms with van der Waals surface area (Å²) in [5.41, 5.74) is 0.374. The molecular weight excluding hydrogens is 212 g/mol. The molecule has 0 bridgehead atoms. The Morgan fingerprint density at radius 2 is 2.12 bits per heavy atom. The van der Waals surface area contributed by atoms with Crippen LogP contribution in [-0.4, -0.2) is 20.8 Å². The fourth-order valence-corrected chi connectivity index (χ4v) is 1.68. The molecule has 0 aliphatic heterocycles. The summed E-state index contributed by atoms with van der Waals surface area (Å²) < 4.78 is 31.5. The van der Waals surface area contributed by atoms with Gasteiger partial charge in [-0.15, -0.1) is 0 Å². The summed E-state index contributed by atoms with van der Waals surface area (Å²) in [4.78, 5) is 0. The van der Waals surface area contributed by atoms with Crippen molar-refractivity contribution in [1.29, 1.82) is 0 Å². The highest BCUT2D eigenvalue weighted by atomic mass is 19.2. The maximum atomic E-state index is 13.5. The van der Waals surface area contributed by atoms with Crippen LogP contribution in [-0.2, 0) is 4.74 Å².